The van der Waals surface area contributed by atoms with Crippen LogP contribution in [0.3, 0.4) is 0 Å². The molecule has 0 aliphatic carbocycles. The first-order chi connectivity index (χ1) is 13.8. The molecule has 4 aromatic rings. The maximum absolute atomic E-state index is 12.4. The highest BCUT2D eigenvalue weighted by Gasteiger charge is 2.07. The first kappa shape index (κ1) is 17.9. The lowest BCUT2D eigenvalue weighted by molar-refractivity contribution is 0.0954. The second-order valence-corrected chi connectivity index (χ2v) is 6.84. The monoisotopic (exact) mass is 366 g/mol. The summed E-state index contributed by atoms with van der Waals surface area (Å²) in [5, 5.41) is 5.36. The standard InChI is InChI=1S/C25H22N2O/c28-25(27-16-14-19-6-2-1-3-7-19)22-12-10-20(11-13-22)18-24-23-9-5-4-8-21(23)15-17-26-24/h1-13,15,17H,14,16,18H2,(H,27,28). The number of amides is 1. The predicted octanol–water partition coefficient (Wildman–Crippen LogP) is 4.80. The Bertz CT molecular complexity index is 1070. The van der Waals surface area contributed by atoms with Gasteiger partial charge in [0.1, 0.15) is 0 Å². The van der Waals surface area contributed by atoms with E-state index in [1.165, 1.54) is 16.3 Å². The average molecular weight is 366 g/mol. The molecular formula is C25H22N2O. The second-order valence-electron chi connectivity index (χ2n) is 6.84. The van der Waals surface area contributed by atoms with Crippen LogP contribution in [0.15, 0.2) is 91.1 Å². The largest absolute Gasteiger partial charge is 0.352 e. The van der Waals surface area contributed by atoms with Gasteiger partial charge in [-0.2, -0.15) is 0 Å². The fourth-order valence-corrected chi connectivity index (χ4v) is 3.36. The zero-order valence-electron chi connectivity index (χ0n) is 15.6. The van der Waals surface area contributed by atoms with E-state index in [9.17, 15) is 4.79 Å². The molecule has 4 rings (SSSR count). The summed E-state index contributed by atoms with van der Waals surface area (Å²) in [4.78, 5) is 16.9. The predicted molar refractivity (Wildman–Crippen MR) is 113 cm³/mol. The number of hydrogen-bond donors (Lipinski definition) is 1. The second kappa shape index (κ2) is 8.49. The van der Waals surface area contributed by atoms with Gasteiger partial charge in [0.25, 0.3) is 5.91 Å². The van der Waals surface area contributed by atoms with Crippen molar-refractivity contribution in [3.63, 3.8) is 0 Å². The zero-order chi connectivity index (χ0) is 19.2. The number of aromatic nitrogens is 1. The van der Waals surface area contributed by atoms with Crippen molar-refractivity contribution in [2.45, 2.75) is 12.8 Å². The van der Waals surface area contributed by atoms with Crippen LogP contribution in [0, 0.1) is 0 Å². The number of nitrogens with zero attached hydrogens (tertiary/aromatic N) is 1. The smallest absolute Gasteiger partial charge is 0.251 e. The van der Waals surface area contributed by atoms with Crippen LogP contribution in [0.4, 0.5) is 0 Å². The van der Waals surface area contributed by atoms with Crippen LogP contribution >= 0.6 is 0 Å². The van der Waals surface area contributed by atoms with Gasteiger partial charge in [-0.25, -0.2) is 0 Å². The number of pyridine rings is 1. The Morgan fingerprint density at radius 3 is 2.36 bits per heavy atom. The van der Waals surface area contributed by atoms with Gasteiger partial charge < -0.3 is 5.32 Å². The molecule has 0 aliphatic rings. The van der Waals surface area contributed by atoms with Crippen LogP contribution in [-0.2, 0) is 12.8 Å². The van der Waals surface area contributed by atoms with Crippen molar-refractivity contribution in [2.75, 3.05) is 6.54 Å². The Labute approximate surface area is 165 Å². The Morgan fingerprint density at radius 2 is 1.54 bits per heavy atom. The van der Waals surface area contributed by atoms with Crippen molar-refractivity contribution in [3.8, 4) is 0 Å². The van der Waals surface area contributed by atoms with Crippen LogP contribution < -0.4 is 5.32 Å². The van der Waals surface area contributed by atoms with Crippen LogP contribution in [-0.4, -0.2) is 17.4 Å². The summed E-state index contributed by atoms with van der Waals surface area (Å²) < 4.78 is 0. The summed E-state index contributed by atoms with van der Waals surface area (Å²) in [6.45, 7) is 0.629. The van der Waals surface area contributed by atoms with E-state index in [2.05, 4.69) is 34.6 Å². The van der Waals surface area contributed by atoms with Crippen LogP contribution in [0.5, 0.6) is 0 Å². The molecule has 3 nitrogen and oxygen atoms in total. The lowest BCUT2D eigenvalue weighted by Crippen LogP contribution is -2.25. The summed E-state index contributed by atoms with van der Waals surface area (Å²) in [5.41, 5.74) is 4.10. The van der Waals surface area contributed by atoms with Crippen molar-refractivity contribution in [1.82, 2.24) is 10.3 Å². The first-order valence-electron chi connectivity index (χ1n) is 9.53. The number of benzene rings is 3. The molecule has 0 radical (unpaired) electrons. The number of carbonyl (C=O) groups excluding carboxylic acids is 1. The third-order valence-corrected chi connectivity index (χ3v) is 4.89. The topological polar surface area (TPSA) is 42.0 Å². The Morgan fingerprint density at radius 1 is 0.786 bits per heavy atom. The van der Waals surface area contributed by atoms with Crippen molar-refractivity contribution >= 4 is 16.7 Å². The van der Waals surface area contributed by atoms with Crippen LogP contribution in [0.25, 0.3) is 10.8 Å². The molecule has 0 fully saturated rings. The molecule has 3 aromatic carbocycles. The highest BCUT2D eigenvalue weighted by molar-refractivity contribution is 5.94. The summed E-state index contributed by atoms with van der Waals surface area (Å²) in [6, 6.07) is 28.3. The Hall–Kier alpha value is -3.46. The van der Waals surface area contributed by atoms with Gasteiger partial charge in [0.15, 0.2) is 0 Å². The molecule has 0 saturated heterocycles. The van der Waals surface area contributed by atoms with Gasteiger partial charge in [-0.05, 0) is 41.1 Å². The third-order valence-electron chi connectivity index (χ3n) is 4.89. The molecule has 138 valence electrons. The highest BCUT2D eigenvalue weighted by atomic mass is 16.1. The minimum absolute atomic E-state index is 0.0363. The number of rotatable bonds is 6. The fourth-order valence-electron chi connectivity index (χ4n) is 3.36. The van der Waals surface area contributed by atoms with Gasteiger partial charge >= 0.3 is 0 Å². The number of nitrogens with one attached hydrogen (secondary N) is 1. The van der Waals surface area contributed by atoms with E-state index in [1.807, 2.05) is 66.9 Å². The van der Waals surface area contributed by atoms with Crippen molar-refractivity contribution < 1.29 is 4.79 Å². The molecule has 1 heterocycles. The molecule has 0 unspecified atom stereocenters. The molecule has 1 amide bonds. The number of hydrogen-bond acceptors (Lipinski definition) is 2. The van der Waals surface area contributed by atoms with Gasteiger partial charge in [0, 0.05) is 30.1 Å². The maximum Gasteiger partial charge on any atom is 0.251 e. The maximum atomic E-state index is 12.4. The summed E-state index contributed by atoms with van der Waals surface area (Å²) >= 11 is 0. The van der Waals surface area contributed by atoms with Crippen molar-refractivity contribution in [3.05, 3.63) is 114 Å². The molecule has 1 aromatic heterocycles. The van der Waals surface area contributed by atoms with Crippen LogP contribution in [0.2, 0.25) is 0 Å². The average Bonchev–Trinajstić information content (AvgIpc) is 2.75. The molecule has 28 heavy (non-hydrogen) atoms. The van der Waals surface area contributed by atoms with Gasteiger partial charge in [0.2, 0.25) is 0 Å². The van der Waals surface area contributed by atoms with Gasteiger partial charge in [0.05, 0.1) is 5.69 Å². The summed E-state index contributed by atoms with van der Waals surface area (Å²) in [5.74, 6) is -0.0363. The van der Waals surface area contributed by atoms with E-state index in [4.69, 9.17) is 0 Å². The van der Waals surface area contributed by atoms with Crippen LogP contribution in [0.1, 0.15) is 27.2 Å². The Balaban J connectivity index is 1.38. The lowest BCUT2D eigenvalue weighted by atomic mass is 10.0. The molecule has 0 bridgehead atoms. The Kier molecular flexibility index (Phi) is 5.43. The quantitative estimate of drug-likeness (QED) is 0.533. The van der Waals surface area contributed by atoms with E-state index in [-0.39, 0.29) is 5.91 Å². The normalized spacial score (nSPS) is 10.7. The van der Waals surface area contributed by atoms with Gasteiger partial charge in [-0.1, -0.05) is 66.7 Å². The molecule has 0 aliphatic heterocycles. The van der Waals surface area contributed by atoms with E-state index in [0.717, 1.165) is 24.1 Å². The summed E-state index contributed by atoms with van der Waals surface area (Å²) in [6.07, 6.45) is 3.43. The van der Waals surface area contributed by atoms with Gasteiger partial charge in [-0.3, -0.25) is 9.78 Å². The SMILES string of the molecule is O=C(NCCc1ccccc1)c1ccc(Cc2nccc3ccccc23)cc1. The molecule has 0 atom stereocenters. The lowest BCUT2D eigenvalue weighted by Gasteiger charge is -2.08. The number of fused-ring (bicyclic) bond motifs is 1. The molecule has 0 saturated carbocycles. The van der Waals surface area contributed by atoms with E-state index in [1.54, 1.807) is 0 Å². The zero-order valence-corrected chi connectivity index (χ0v) is 15.6. The van der Waals surface area contributed by atoms with Crippen molar-refractivity contribution in [1.29, 1.82) is 0 Å². The minimum Gasteiger partial charge on any atom is -0.352 e. The highest BCUT2D eigenvalue weighted by Crippen LogP contribution is 2.19. The number of carbonyl (C=O) groups is 1. The molecule has 1 N–H and O–H groups in total. The fraction of sp³-hybridized carbons (Fsp3) is 0.120. The van der Waals surface area contributed by atoms with E-state index in [0.29, 0.717) is 12.1 Å². The van der Waals surface area contributed by atoms with Crippen molar-refractivity contribution in [2.24, 2.45) is 0 Å². The molecular weight excluding hydrogens is 344 g/mol. The van der Waals surface area contributed by atoms with Gasteiger partial charge in [-0.15, -0.1) is 0 Å². The molecule has 3 heteroatoms. The summed E-state index contributed by atoms with van der Waals surface area (Å²) in [7, 11) is 0. The first-order valence-corrected chi connectivity index (χ1v) is 9.53. The minimum atomic E-state index is -0.0363. The molecule has 0 spiro atoms. The third kappa shape index (κ3) is 4.26. The van der Waals surface area contributed by atoms with E-state index < -0.39 is 0 Å². The van der Waals surface area contributed by atoms with E-state index >= 15 is 0 Å².